The Kier molecular flexibility index (Phi) is 9.88. The first-order valence-corrected chi connectivity index (χ1v) is 11.7. The molecule has 3 rings (SSSR count). The van der Waals surface area contributed by atoms with Crippen LogP contribution in [-0.2, 0) is 0 Å². The summed E-state index contributed by atoms with van der Waals surface area (Å²) in [6.07, 6.45) is 3.28. The monoisotopic (exact) mass is 490 g/mol. The van der Waals surface area contributed by atoms with Crippen LogP contribution in [0.25, 0.3) is 0 Å². The first-order chi connectivity index (χ1) is 17.5. The summed E-state index contributed by atoms with van der Waals surface area (Å²) in [6.45, 7) is 5.29. The fourth-order valence-electron chi connectivity index (χ4n) is 3.07. The van der Waals surface area contributed by atoms with Crippen LogP contribution in [0.15, 0.2) is 71.8 Å². The van der Waals surface area contributed by atoms with Gasteiger partial charge in [0.15, 0.2) is 11.5 Å². The Hall–Kier alpha value is -4.33. The highest BCUT2D eigenvalue weighted by Crippen LogP contribution is 2.28. The number of rotatable bonds is 12. The molecule has 3 aromatic rings. The number of amides is 1. The van der Waals surface area contributed by atoms with Crippen LogP contribution in [0, 0.1) is 0 Å². The van der Waals surface area contributed by atoms with Crippen LogP contribution in [-0.4, -0.2) is 38.4 Å². The average molecular weight is 491 g/mol. The smallest absolute Gasteiger partial charge is 0.343 e. The fourth-order valence-corrected chi connectivity index (χ4v) is 3.07. The number of benzene rings is 3. The summed E-state index contributed by atoms with van der Waals surface area (Å²) in [7, 11) is 1.48. The largest absolute Gasteiger partial charge is 0.494 e. The fraction of sp³-hybridized carbons (Fsp3) is 0.250. The molecule has 3 aromatic carbocycles. The van der Waals surface area contributed by atoms with Crippen LogP contribution in [0.1, 0.15) is 53.0 Å². The number of ether oxygens (including phenoxy) is 4. The lowest BCUT2D eigenvalue weighted by atomic mass is 10.2. The van der Waals surface area contributed by atoms with E-state index in [1.54, 1.807) is 66.7 Å². The van der Waals surface area contributed by atoms with E-state index in [0.29, 0.717) is 47.2 Å². The summed E-state index contributed by atoms with van der Waals surface area (Å²) in [4.78, 5) is 24.9. The van der Waals surface area contributed by atoms with Crippen molar-refractivity contribution in [2.24, 2.45) is 5.10 Å². The zero-order valence-electron chi connectivity index (χ0n) is 20.7. The minimum Gasteiger partial charge on any atom is -0.494 e. The van der Waals surface area contributed by atoms with Gasteiger partial charge >= 0.3 is 5.97 Å². The maximum atomic E-state index is 12.5. The number of nitrogens with one attached hydrogen (secondary N) is 1. The molecular formula is C28H30N2O6. The molecular weight excluding hydrogens is 460 g/mol. The molecule has 0 atom stereocenters. The van der Waals surface area contributed by atoms with Crippen molar-refractivity contribution in [3.8, 4) is 23.0 Å². The molecule has 36 heavy (non-hydrogen) atoms. The van der Waals surface area contributed by atoms with Gasteiger partial charge in [0.1, 0.15) is 11.5 Å². The topological polar surface area (TPSA) is 95.5 Å². The van der Waals surface area contributed by atoms with Gasteiger partial charge in [0.05, 0.1) is 32.1 Å². The quantitative estimate of drug-likeness (QED) is 0.161. The highest BCUT2D eigenvalue weighted by Gasteiger charge is 2.13. The van der Waals surface area contributed by atoms with Gasteiger partial charge in [-0.1, -0.05) is 13.8 Å². The zero-order valence-corrected chi connectivity index (χ0v) is 20.7. The Morgan fingerprint density at radius 1 is 0.806 bits per heavy atom. The second-order valence-corrected chi connectivity index (χ2v) is 7.74. The van der Waals surface area contributed by atoms with Crippen LogP contribution >= 0.6 is 0 Å². The third-order valence-corrected chi connectivity index (χ3v) is 4.92. The lowest BCUT2D eigenvalue weighted by Gasteiger charge is -2.10. The maximum absolute atomic E-state index is 12.5. The van der Waals surface area contributed by atoms with Crippen LogP contribution in [0.5, 0.6) is 23.0 Å². The van der Waals surface area contributed by atoms with Crippen LogP contribution in [0.4, 0.5) is 0 Å². The zero-order chi connectivity index (χ0) is 25.8. The Bertz CT molecular complexity index is 1170. The molecule has 0 saturated heterocycles. The van der Waals surface area contributed by atoms with Crippen LogP contribution < -0.4 is 24.4 Å². The molecule has 0 unspecified atom stereocenters. The van der Waals surface area contributed by atoms with E-state index in [4.69, 9.17) is 18.9 Å². The molecule has 0 aromatic heterocycles. The number of hydrogen-bond donors (Lipinski definition) is 1. The molecule has 188 valence electrons. The second kappa shape index (κ2) is 13.5. The minimum atomic E-state index is -0.518. The number of carbonyl (C=O) groups excluding carboxylic acids is 2. The minimum absolute atomic E-state index is 0.264. The average Bonchev–Trinajstić information content (AvgIpc) is 2.91. The molecule has 0 aliphatic heterocycles. The van der Waals surface area contributed by atoms with Crippen molar-refractivity contribution in [1.29, 1.82) is 0 Å². The van der Waals surface area contributed by atoms with E-state index < -0.39 is 5.97 Å². The Morgan fingerprint density at radius 2 is 1.39 bits per heavy atom. The van der Waals surface area contributed by atoms with Crippen molar-refractivity contribution in [2.45, 2.75) is 26.7 Å². The number of carbonyl (C=O) groups is 2. The standard InChI is InChI=1S/C28H30N2O6/c1-4-16-34-23-11-7-21(8-12-23)27(31)30-29-19-20-6-15-25(26(18-20)33-3)36-28(32)22-9-13-24(14-10-22)35-17-5-2/h6-15,18-19H,4-5,16-17H2,1-3H3,(H,30,31)/b29-19-. The molecule has 0 fully saturated rings. The summed E-state index contributed by atoms with van der Waals surface area (Å²) < 4.78 is 21.9. The maximum Gasteiger partial charge on any atom is 0.343 e. The molecule has 1 N–H and O–H groups in total. The Labute approximate surface area is 210 Å². The summed E-state index contributed by atoms with van der Waals surface area (Å²) >= 11 is 0. The summed E-state index contributed by atoms with van der Waals surface area (Å²) in [5.41, 5.74) is 3.98. The molecule has 0 bridgehead atoms. The van der Waals surface area contributed by atoms with E-state index in [1.807, 2.05) is 13.8 Å². The molecule has 0 heterocycles. The van der Waals surface area contributed by atoms with Gasteiger partial charge in [-0.25, -0.2) is 10.2 Å². The number of methoxy groups -OCH3 is 1. The van der Waals surface area contributed by atoms with Gasteiger partial charge in [-0.2, -0.15) is 5.10 Å². The highest BCUT2D eigenvalue weighted by atomic mass is 16.6. The van der Waals surface area contributed by atoms with Gasteiger partial charge in [-0.05, 0) is 85.1 Å². The summed E-state index contributed by atoms with van der Waals surface area (Å²) in [5, 5.41) is 4.00. The Morgan fingerprint density at radius 3 is 1.94 bits per heavy atom. The third kappa shape index (κ3) is 7.59. The van der Waals surface area contributed by atoms with E-state index >= 15 is 0 Å². The first-order valence-electron chi connectivity index (χ1n) is 11.7. The van der Waals surface area contributed by atoms with Crippen molar-refractivity contribution in [2.75, 3.05) is 20.3 Å². The summed E-state index contributed by atoms with van der Waals surface area (Å²) in [6, 6.07) is 18.5. The molecule has 0 spiro atoms. The number of esters is 1. The van der Waals surface area contributed by atoms with Crippen molar-refractivity contribution in [3.05, 3.63) is 83.4 Å². The molecule has 8 heteroatoms. The van der Waals surface area contributed by atoms with E-state index in [0.717, 1.165) is 12.8 Å². The van der Waals surface area contributed by atoms with E-state index in [9.17, 15) is 9.59 Å². The van der Waals surface area contributed by atoms with Gasteiger partial charge in [0.2, 0.25) is 0 Å². The number of hydrogen-bond acceptors (Lipinski definition) is 7. The Balaban J connectivity index is 1.58. The van der Waals surface area contributed by atoms with E-state index in [1.165, 1.54) is 13.3 Å². The van der Waals surface area contributed by atoms with Gasteiger partial charge in [-0.3, -0.25) is 4.79 Å². The number of hydrazone groups is 1. The lowest BCUT2D eigenvalue weighted by molar-refractivity contribution is 0.0729. The van der Waals surface area contributed by atoms with Crippen molar-refractivity contribution >= 4 is 18.1 Å². The predicted octanol–water partition coefficient (Wildman–Crippen LogP) is 5.26. The second-order valence-electron chi connectivity index (χ2n) is 7.74. The van der Waals surface area contributed by atoms with Gasteiger partial charge < -0.3 is 18.9 Å². The predicted molar refractivity (Wildman–Crippen MR) is 137 cm³/mol. The highest BCUT2D eigenvalue weighted by molar-refractivity contribution is 5.95. The third-order valence-electron chi connectivity index (χ3n) is 4.92. The van der Waals surface area contributed by atoms with Gasteiger partial charge in [0.25, 0.3) is 5.91 Å². The van der Waals surface area contributed by atoms with Gasteiger partial charge in [0, 0.05) is 5.56 Å². The van der Waals surface area contributed by atoms with Crippen molar-refractivity contribution < 1.29 is 28.5 Å². The normalized spacial score (nSPS) is 10.6. The first kappa shape index (κ1) is 26.3. The van der Waals surface area contributed by atoms with E-state index in [2.05, 4.69) is 10.5 Å². The summed E-state index contributed by atoms with van der Waals surface area (Å²) in [5.74, 6) is 1.15. The SMILES string of the molecule is CCCOc1ccc(C(=O)N/N=C\c2ccc(OC(=O)c3ccc(OCCC)cc3)c(OC)c2)cc1. The van der Waals surface area contributed by atoms with Crippen molar-refractivity contribution in [1.82, 2.24) is 5.43 Å². The molecule has 1 amide bonds. The molecule has 8 nitrogen and oxygen atoms in total. The molecule has 0 saturated carbocycles. The molecule has 0 aliphatic rings. The van der Waals surface area contributed by atoms with Crippen LogP contribution in [0.2, 0.25) is 0 Å². The molecule has 0 radical (unpaired) electrons. The van der Waals surface area contributed by atoms with Crippen molar-refractivity contribution in [3.63, 3.8) is 0 Å². The number of nitrogens with zero attached hydrogens (tertiary/aromatic N) is 1. The van der Waals surface area contributed by atoms with E-state index in [-0.39, 0.29) is 11.7 Å². The lowest BCUT2D eigenvalue weighted by Crippen LogP contribution is -2.17. The van der Waals surface area contributed by atoms with Gasteiger partial charge in [-0.15, -0.1) is 0 Å². The van der Waals surface area contributed by atoms with Crippen LogP contribution in [0.3, 0.4) is 0 Å². The molecule has 0 aliphatic carbocycles.